The zero-order valence-corrected chi connectivity index (χ0v) is 24.3. The monoisotopic (exact) mass is 482 g/mol. The van der Waals surface area contributed by atoms with Crippen LogP contribution in [0.3, 0.4) is 0 Å². The first-order valence-corrected chi connectivity index (χ1v) is 15.1. The van der Waals surface area contributed by atoms with E-state index in [-0.39, 0.29) is 17.5 Å². The van der Waals surface area contributed by atoms with Crippen molar-refractivity contribution >= 4 is 5.97 Å². The smallest absolute Gasteiger partial charge is 0.302 e. The lowest BCUT2D eigenvalue weighted by atomic mass is 9.41. The van der Waals surface area contributed by atoms with Gasteiger partial charge in [-0.05, 0) is 122 Å². The fourth-order valence-electron chi connectivity index (χ4n) is 11.6. The van der Waals surface area contributed by atoms with Crippen LogP contribution in [0.25, 0.3) is 0 Å². The molecule has 2 nitrogen and oxygen atoms in total. The molecular weight excluding hydrogens is 428 g/mol. The molecule has 0 N–H and O–H groups in total. The maximum atomic E-state index is 11.9. The highest BCUT2D eigenvalue weighted by Gasteiger charge is 2.82. The minimum Gasteiger partial charge on any atom is -0.462 e. The highest BCUT2D eigenvalue weighted by Crippen LogP contribution is 2.89. The molecule has 9 atom stereocenters. The third kappa shape index (κ3) is 3.35. The Hall–Kier alpha value is -0.790. The molecule has 0 radical (unpaired) electrons. The largest absolute Gasteiger partial charge is 0.462 e. The van der Waals surface area contributed by atoms with Crippen molar-refractivity contribution in [3.63, 3.8) is 0 Å². The lowest BCUT2D eigenvalue weighted by molar-refractivity contribution is -0.181. The number of ether oxygens (including phenoxy) is 1. The summed E-state index contributed by atoms with van der Waals surface area (Å²) in [5.74, 6) is 3.80. The topological polar surface area (TPSA) is 26.3 Å². The van der Waals surface area contributed by atoms with Gasteiger partial charge in [-0.1, -0.05) is 60.6 Å². The molecule has 0 saturated heterocycles. The normalized spacial score (nSPS) is 48.3. The number of allylic oxidation sites excluding steroid dienone is 1. The average Bonchev–Trinajstić information content (AvgIpc) is 3.36. The Bertz CT molecular complexity index is 886. The van der Waals surface area contributed by atoms with Crippen molar-refractivity contribution in [3.05, 3.63) is 12.2 Å². The molecule has 0 bridgehead atoms. The summed E-state index contributed by atoms with van der Waals surface area (Å²) in [6.45, 7) is 23.4. The van der Waals surface area contributed by atoms with E-state index in [9.17, 15) is 4.79 Å². The second kappa shape index (κ2) is 8.10. The average molecular weight is 483 g/mol. The summed E-state index contributed by atoms with van der Waals surface area (Å²) in [5.41, 5.74) is 3.63. The first kappa shape index (κ1) is 25.8. The number of esters is 1. The van der Waals surface area contributed by atoms with Crippen LogP contribution in [0.15, 0.2) is 12.2 Å². The first-order chi connectivity index (χ1) is 16.3. The van der Waals surface area contributed by atoms with Gasteiger partial charge in [0.15, 0.2) is 0 Å². The van der Waals surface area contributed by atoms with Gasteiger partial charge in [-0.3, -0.25) is 4.79 Å². The van der Waals surface area contributed by atoms with Crippen LogP contribution in [0.5, 0.6) is 0 Å². The SMILES string of the molecule is C=C(CCC(C)[C@@H]1CC[C@@]2(C)[C@@H]3CC[C@H]4C(C)(C)C(OC(C)=O)CC[C@@]45C[C@@]35CC[C@]12C)C(C)C. The maximum absolute atomic E-state index is 11.9. The van der Waals surface area contributed by atoms with E-state index in [1.54, 1.807) is 6.92 Å². The van der Waals surface area contributed by atoms with Gasteiger partial charge in [-0.25, -0.2) is 0 Å². The van der Waals surface area contributed by atoms with Gasteiger partial charge in [0.25, 0.3) is 0 Å². The lowest BCUT2D eigenvalue weighted by Crippen LogP contribution is -2.58. The summed E-state index contributed by atoms with van der Waals surface area (Å²) < 4.78 is 5.91. The fraction of sp³-hybridized carbons (Fsp3) is 0.909. The van der Waals surface area contributed by atoms with Gasteiger partial charge < -0.3 is 4.74 Å². The molecule has 35 heavy (non-hydrogen) atoms. The number of fused-ring (bicyclic) bond motifs is 2. The number of carbonyl (C=O) groups is 1. The van der Waals surface area contributed by atoms with E-state index >= 15 is 0 Å². The van der Waals surface area contributed by atoms with E-state index in [1.165, 1.54) is 69.8 Å². The fourth-order valence-corrected chi connectivity index (χ4v) is 11.6. The van der Waals surface area contributed by atoms with E-state index in [0.29, 0.717) is 27.6 Å². The zero-order chi connectivity index (χ0) is 25.6. The molecule has 0 heterocycles. The van der Waals surface area contributed by atoms with Crippen LogP contribution in [-0.2, 0) is 9.53 Å². The number of carbonyl (C=O) groups excluding carboxylic acids is 1. The minimum atomic E-state index is -0.0951. The van der Waals surface area contributed by atoms with Crippen molar-refractivity contribution in [1.82, 2.24) is 0 Å². The van der Waals surface area contributed by atoms with Crippen molar-refractivity contribution < 1.29 is 9.53 Å². The maximum Gasteiger partial charge on any atom is 0.302 e. The van der Waals surface area contributed by atoms with Crippen LogP contribution >= 0.6 is 0 Å². The highest BCUT2D eigenvalue weighted by atomic mass is 16.5. The Kier molecular flexibility index (Phi) is 5.98. The summed E-state index contributed by atoms with van der Waals surface area (Å²) in [6.07, 6.45) is 15.0. The molecule has 5 aliphatic rings. The molecule has 5 saturated carbocycles. The molecule has 0 amide bonds. The van der Waals surface area contributed by atoms with Crippen LogP contribution in [-0.4, -0.2) is 12.1 Å². The van der Waals surface area contributed by atoms with Crippen LogP contribution in [0.1, 0.15) is 126 Å². The van der Waals surface area contributed by atoms with Gasteiger partial charge in [0.2, 0.25) is 0 Å². The predicted molar refractivity (Wildman–Crippen MR) is 145 cm³/mol. The molecule has 0 aromatic heterocycles. The molecule has 5 rings (SSSR count). The summed E-state index contributed by atoms with van der Waals surface area (Å²) in [4.78, 5) is 11.9. The Labute approximate surface area is 216 Å². The quantitative estimate of drug-likeness (QED) is 0.279. The van der Waals surface area contributed by atoms with Crippen LogP contribution < -0.4 is 0 Å². The van der Waals surface area contributed by atoms with E-state index in [4.69, 9.17) is 4.74 Å². The number of rotatable bonds is 6. The molecule has 2 unspecified atom stereocenters. The van der Waals surface area contributed by atoms with Gasteiger partial charge in [0, 0.05) is 12.3 Å². The second-order valence-corrected chi connectivity index (χ2v) is 15.4. The lowest BCUT2D eigenvalue weighted by Gasteiger charge is -2.63. The molecular formula is C33H54O2. The van der Waals surface area contributed by atoms with Gasteiger partial charge >= 0.3 is 5.97 Å². The molecule has 2 heteroatoms. The molecule has 2 spiro atoms. The van der Waals surface area contributed by atoms with E-state index in [2.05, 4.69) is 55.0 Å². The second-order valence-electron chi connectivity index (χ2n) is 15.4. The Morgan fingerprint density at radius 1 is 0.886 bits per heavy atom. The van der Waals surface area contributed by atoms with Gasteiger partial charge in [-0.2, -0.15) is 0 Å². The van der Waals surface area contributed by atoms with Gasteiger partial charge in [0.1, 0.15) is 6.10 Å². The molecule has 0 aliphatic heterocycles. The van der Waals surface area contributed by atoms with Crippen molar-refractivity contribution in [2.24, 2.45) is 56.7 Å². The number of hydrogen-bond donors (Lipinski definition) is 0. The summed E-state index contributed by atoms with van der Waals surface area (Å²) >= 11 is 0. The Balaban J connectivity index is 1.37. The molecule has 5 aliphatic carbocycles. The van der Waals surface area contributed by atoms with Crippen molar-refractivity contribution in [2.75, 3.05) is 0 Å². The molecule has 0 aromatic carbocycles. The molecule has 198 valence electrons. The van der Waals surface area contributed by atoms with Crippen molar-refractivity contribution in [3.8, 4) is 0 Å². The summed E-state index contributed by atoms with van der Waals surface area (Å²) in [5, 5.41) is 0. The van der Waals surface area contributed by atoms with Crippen LogP contribution in [0, 0.1) is 56.7 Å². The van der Waals surface area contributed by atoms with E-state index < -0.39 is 0 Å². The zero-order valence-electron chi connectivity index (χ0n) is 24.3. The standard InChI is InChI=1S/C33H54O2/c1-21(2)22(3)10-11-23(4)25-14-16-31(9)27-13-12-26-29(6,7)28(35-24(5)34)15-17-32(26)20-33(27,32)19-18-30(25,31)8/h21,23,25-28H,3,10-20H2,1-2,4-9H3/t23?,25-,26-,27-,28?,30+,31-,32+,33-/m0/s1. The van der Waals surface area contributed by atoms with Crippen molar-refractivity contribution in [1.29, 1.82) is 0 Å². The summed E-state index contributed by atoms with van der Waals surface area (Å²) in [7, 11) is 0. The highest BCUT2D eigenvalue weighted by molar-refractivity contribution is 5.66. The minimum absolute atomic E-state index is 0.0951. The third-order valence-electron chi connectivity index (χ3n) is 13.8. The Morgan fingerprint density at radius 2 is 1.54 bits per heavy atom. The third-order valence-corrected chi connectivity index (χ3v) is 13.8. The molecule has 5 fully saturated rings. The molecule has 0 aromatic rings. The predicted octanol–water partition coefficient (Wildman–Crippen LogP) is 8.99. The Morgan fingerprint density at radius 3 is 2.20 bits per heavy atom. The summed E-state index contributed by atoms with van der Waals surface area (Å²) in [6, 6.07) is 0. The number of hydrogen-bond acceptors (Lipinski definition) is 2. The van der Waals surface area contributed by atoms with Crippen LogP contribution in [0.4, 0.5) is 0 Å². The van der Waals surface area contributed by atoms with E-state index in [1.807, 2.05) is 0 Å². The van der Waals surface area contributed by atoms with Gasteiger partial charge in [0.05, 0.1) is 0 Å². The first-order valence-electron chi connectivity index (χ1n) is 15.1. The van der Waals surface area contributed by atoms with Crippen molar-refractivity contribution in [2.45, 2.75) is 132 Å². The van der Waals surface area contributed by atoms with E-state index in [0.717, 1.165) is 30.1 Å². The van der Waals surface area contributed by atoms with Gasteiger partial charge in [-0.15, -0.1) is 0 Å². The van der Waals surface area contributed by atoms with Crippen LogP contribution in [0.2, 0.25) is 0 Å².